The molecule has 1 aromatic carbocycles. The van der Waals surface area contributed by atoms with Crippen LogP contribution in [0, 0.1) is 0 Å². The smallest absolute Gasteiger partial charge is 0.251 e. The molecule has 2 rings (SSSR count). The van der Waals surface area contributed by atoms with Crippen LogP contribution in [0.5, 0.6) is 0 Å². The number of nitrogens with zero attached hydrogens (tertiary/aromatic N) is 3. The average molecular weight is 274 g/mol. The minimum atomic E-state index is -0.222. The largest absolute Gasteiger partial charge is 0.352 e. The number of rotatable bonds is 5. The predicted octanol–water partition coefficient (Wildman–Crippen LogP) is 0.131. The monoisotopic (exact) mass is 274 g/mol. The van der Waals surface area contributed by atoms with E-state index in [0.717, 1.165) is 0 Å². The Hall–Kier alpha value is -2.77. The quantitative estimate of drug-likeness (QED) is 0.717. The first-order valence-electron chi connectivity index (χ1n) is 6.03. The Balaban J connectivity index is 1.90. The van der Waals surface area contributed by atoms with Crippen molar-refractivity contribution in [2.45, 2.75) is 13.3 Å². The molecule has 8 heteroatoms. The van der Waals surface area contributed by atoms with Crippen molar-refractivity contribution in [3.63, 3.8) is 0 Å². The second-order valence-electron chi connectivity index (χ2n) is 4.10. The number of hydrogen-bond acceptors (Lipinski definition) is 5. The summed E-state index contributed by atoms with van der Waals surface area (Å²) in [6, 6.07) is 6.72. The molecule has 3 N–H and O–H groups in total. The molecule has 0 saturated carbocycles. The normalized spacial score (nSPS) is 10.1. The van der Waals surface area contributed by atoms with Crippen molar-refractivity contribution in [2.75, 3.05) is 11.9 Å². The second kappa shape index (κ2) is 6.41. The van der Waals surface area contributed by atoms with Crippen LogP contribution in [0.3, 0.4) is 0 Å². The van der Waals surface area contributed by atoms with Crippen LogP contribution in [0.4, 0.5) is 5.69 Å². The SMILES string of the molecule is CC(=O)Nc1cccc(C(=O)NCCc2nn[nH]n2)c1. The Morgan fingerprint density at radius 2 is 2.20 bits per heavy atom. The molecule has 20 heavy (non-hydrogen) atoms. The third kappa shape index (κ3) is 3.87. The topological polar surface area (TPSA) is 113 Å². The molecule has 0 unspecified atom stereocenters. The summed E-state index contributed by atoms with van der Waals surface area (Å²) >= 11 is 0. The van der Waals surface area contributed by atoms with E-state index in [4.69, 9.17) is 0 Å². The summed E-state index contributed by atoms with van der Waals surface area (Å²) in [6.45, 7) is 1.82. The van der Waals surface area contributed by atoms with Crippen LogP contribution in [0.15, 0.2) is 24.3 Å². The van der Waals surface area contributed by atoms with Gasteiger partial charge in [0, 0.05) is 31.1 Å². The number of aromatic nitrogens is 4. The summed E-state index contributed by atoms with van der Waals surface area (Å²) in [6.07, 6.45) is 0.494. The van der Waals surface area contributed by atoms with Gasteiger partial charge in [0.2, 0.25) is 5.91 Å². The third-order valence-electron chi connectivity index (χ3n) is 2.47. The molecule has 0 saturated heterocycles. The summed E-state index contributed by atoms with van der Waals surface area (Å²) in [7, 11) is 0. The van der Waals surface area contributed by atoms with Crippen molar-refractivity contribution in [3.05, 3.63) is 35.7 Å². The summed E-state index contributed by atoms with van der Waals surface area (Å²) in [5.74, 6) is 0.137. The van der Waals surface area contributed by atoms with E-state index in [9.17, 15) is 9.59 Å². The standard InChI is InChI=1S/C12H14N6O2/c1-8(19)14-10-4-2-3-9(7-10)12(20)13-6-5-11-15-17-18-16-11/h2-4,7H,5-6H2,1H3,(H,13,20)(H,14,19)(H,15,16,17,18). The van der Waals surface area contributed by atoms with E-state index in [1.54, 1.807) is 24.3 Å². The highest BCUT2D eigenvalue weighted by atomic mass is 16.2. The van der Waals surface area contributed by atoms with Crippen molar-refractivity contribution in [1.82, 2.24) is 25.9 Å². The molecule has 104 valence electrons. The van der Waals surface area contributed by atoms with Gasteiger partial charge in [-0.3, -0.25) is 9.59 Å². The zero-order chi connectivity index (χ0) is 14.4. The molecule has 1 aromatic heterocycles. The van der Waals surface area contributed by atoms with Gasteiger partial charge >= 0.3 is 0 Å². The van der Waals surface area contributed by atoms with Crippen molar-refractivity contribution in [2.24, 2.45) is 0 Å². The van der Waals surface area contributed by atoms with E-state index in [1.165, 1.54) is 6.92 Å². The first kappa shape index (κ1) is 13.7. The second-order valence-corrected chi connectivity index (χ2v) is 4.10. The van der Waals surface area contributed by atoms with Gasteiger partial charge in [-0.05, 0) is 18.2 Å². The number of aromatic amines is 1. The zero-order valence-corrected chi connectivity index (χ0v) is 10.9. The van der Waals surface area contributed by atoms with Crippen molar-refractivity contribution in [3.8, 4) is 0 Å². The van der Waals surface area contributed by atoms with Gasteiger partial charge in [0.1, 0.15) is 0 Å². The number of H-pyrrole nitrogens is 1. The van der Waals surface area contributed by atoms with Crippen LogP contribution >= 0.6 is 0 Å². The lowest BCUT2D eigenvalue weighted by Gasteiger charge is -2.06. The lowest BCUT2D eigenvalue weighted by molar-refractivity contribution is -0.114. The number of hydrogen-bond donors (Lipinski definition) is 3. The highest BCUT2D eigenvalue weighted by Gasteiger charge is 2.07. The summed E-state index contributed by atoms with van der Waals surface area (Å²) in [4.78, 5) is 22.9. The fourth-order valence-corrected chi connectivity index (χ4v) is 1.62. The Kier molecular flexibility index (Phi) is 4.38. The van der Waals surface area contributed by atoms with E-state index >= 15 is 0 Å². The molecule has 0 fully saturated rings. The molecule has 0 bridgehead atoms. The number of nitrogens with one attached hydrogen (secondary N) is 3. The fraction of sp³-hybridized carbons (Fsp3) is 0.250. The number of tetrazole rings is 1. The van der Waals surface area contributed by atoms with Crippen molar-refractivity contribution >= 4 is 17.5 Å². The molecule has 1 heterocycles. The molecule has 0 radical (unpaired) electrons. The lowest BCUT2D eigenvalue weighted by Crippen LogP contribution is -2.26. The molecule has 2 aromatic rings. The Morgan fingerprint density at radius 1 is 1.35 bits per heavy atom. The minimum absolute atomic E-state index is 0.181. The van der Waals surface area contributed by atoms with Gasteiger partial charge in [-0.2, -0.15) is 5.21 Å². The van der Waals surface area contributed by atoms with Gasteiger partial charge in [0.15, 0.2) is 5.82 Å². The molecule has 0 aliphatic carbocycles. The Morgan fingerprint density at radius 3 is 2.90 bits per heavy atom. The van der Waals surface area contributed by atoms with E-state index in [-0.39, 0.29) is 11.8 Å². The lowest BCUT2D eigenvalue weighted by atomic mass is 10.2. The van der Waals surface area contributed by atoms with Crippen LogP contribution in [0.2, 0.25) is 0 Å². The number of amides is 2. The average Bonchev–Trinajstić information content (AvgIpc) is 2.91. The fourth-order valence-electron chi connectivity index (χ4n) is 1.62. The van der Waals surface area contributed by atoms with Gasteiger partial charge in [-0.1, -0.05) is 11.3 Å². The molecule has 0 spiro atoms. The summed E-state index contributed by atoms with van der Waals surface area (Å²) < 4.78 is 0. The maximum absolute atomic E-state index is 11.9. The Bertz CT molecular complexity index is 596. The molecule has 0 atom stereocenters. The summed E-state index contributed by atoms with van der Waals surface area (Å²) in [5.41, 5.74) is 1.06. The van der Waals surface area contributed by atoms with Crippen LogP contribution in [0.25, 0.3) is 0 Å². The number of carbonyl (C=O) groups is 2. The van der Waals surface area contributed by atoms with E-state index in [2.05, 4.69) is 31.3 Å². The van der Waals surface area contributed by atoms with Gasteiger partial charge in [-0.25, -0.2) is 0 Å². The first-order chi connectivity index (χ1) is 9.65. The van der Waals surface area contributed by atoms with Crippen LogP contribution in [-0.2, 0) is 11.2 Å². The zero-order valence-electron chi connectivity index (χ0n) is 10.9. The van der Waals surface area contributed by atoms with Crippen molar-refractivity contribution in [1.29, 1.82) is 0 Å². The molecular weight excluding hydrogens is 260 g/mol. The van der Waals surface area contributed by atoms with Gasteiger partial charge in [-0.15, -0.1) is 10.2 Å². The molecule has 0 aliphatic heterocycles. The third-order valence-corrected chi connectivity index (χ3v) is 2.47. The van der Waals surface area contributed by atoms with Crippen LogP contribution in [-0.4, -0.2) is 39.0 Å². The van der Waals surface area contributed by atoms with E-state index in [1.807, 2.05) is 0 Å². The first-order valence-corrected chi connectivity index (χ1v) is 6.03. The van der Waals surface area contributed by atoms with Crippen molar-refractivity contribution < 1.29 is 9.59 Å². The predicted molar refractivity (Wildman–Crippen MR) is 71.0 cm³/mol. The molecule has 8 nitrogen and oxygen atoms in total. The number of benzene rings is 1. The van der Waals surface area contributed by atoms with E-state index in [0.29, 0.717) is 30.0 Å². The number of anilines is 1. The molecular formula is C12H14N6O2. The van der Waals surface area contributed by atoms with Gasteiger partial charge in [0.05, 0.1) is 0 Å². The van der Waals surface area contributed by atoms with Gasteiger partial charge < -0.3 is 10.6 Å². The summed E-state index contributed by atoms with van der Waals surface area (Å²) in [5, 5.41) is 18.7. The molecule has 2 amide bonds. The van der Waals surface area contributed by atoms with Gasteiger partial charge in [0.25, 0.3) is 5.91 Å². The van der Waals surface area contributed by atoms with Crippen LogP contribution < -0.4 is 10.6 Å². The van der Waals surface area contributed by atoms with Crippen LogP contribution in [0.1, 0.15) is 23.1 Å². The highest BCUT2D eigenvalue weighted by molar-refractivity contribution is 5.96. The maximum atomic E-state index is 11.9. The minimum Gasteiger partial charge on any atom is -0.352 e. The Labute approximate surface area is 115 Å². The molecule has 0 aliphatic rings. The van der Waals surface area contributed by atoms with E-state index < -0.39 is 0 Å². The maximum Gasteiger partial charge on any atom is 0.251 e. The highest BCUT2D eigenvalue weighted by Crippen LogP contribution is 2.10. The number of carbonyl (C=O) groups excluding carboxylic acids is 2.